The van der Waals surface area contributed by atoms with Gasteiger partial charge in [0.25, 0.3) is 0 Å². The molecule has 1 aromatic carbocycles. The van der Waals surface area contributed by atoms with Crippen LogP contribution in [0.2, 0.25) is 0 Å². The summed E-state index contributed by atoms with van der Waals surface area (Å²) in [6.07, 6.45) is 1.96. The number of benzene rings is 1. The Morgan fingerprint density at radius 3 is 2.63 bits per heavy atom. The molecule has 1 aliphatic carbocycles. The van der Waals surface area contributed by atoms with Gasteiger partial charge in [-0.2, -0.15) is 5.26 Å². The van der Waals surface area contributed by atoms with E-state index < -0.39 is 5.54 Å². The SMILES string of the molecule is C[C@@](C#N)(NC(=O)CNc1ccc(F)cc1)C1CC1. The number of halogens is 1. The van der Waals surface area contributed by atoms with Crippen LogP contribution in [0.1, 0.15) is 19.8 Å². The maximum absolute atomic E-state index is 12.7. The zero-order valence-electron chi connectivity index (χ0n) is 10.7. The summed E-state index contributed by atoms with van der Waals surface area (Å²) in [6.45, 7) is 1.82. The van der Waals surface area contributed by atoms with Crippen molar-refractivity contribution in [3.63, 3.8) is 0 Å². The van der Waals surface area contributed by atoms with Gasteiger partial charge >= 0.3 is 0 Å². The van der Waals surface area contributed by atoms with Crippen LogP contribution in [0.5, 0.6) is 0 Å². The minimum atomic E-state index is -0.776. The molecule has 1 aliphatic rings. The monoisotopic (exact) mass is 261 g/mol. The first-order valence-electron chi connectivity index (χ1n) is 6.25. The van der Waals surface area contributed by atoms with E-state index in [-0.39, 0.29) is 24.2 Å². The van der Waals surface area contributed by atoms with Crippen LogP contribution in [-0.2, 0) is 4.79 Å². The van der Waals surface area contributed by atoms with Crippen molar-refractivity contribution in [3.05, 3.63) is 30.1 Å². The lowest BCUT2D eigenvalue weighted by molar-refractivity contribution is -0.120. The molecule has 0 unspecified atom stereocenters. The molecular weight excluding hydrogens is 245 g/mol. The Morgan fingerprint density at radius 1 is 1.47 bits per heavy atom. The summed E-state index contributed by atoms with van der Waals surface area (Å²) < 4.78 is 12.7. The molecule has 0 bridgehead atoms. The third-order valence-electron chi connectivity index (χ3n) is 3.32. The van der Waals surface area contributed by atoms with Crippen LogP contribution in [0, 0.1) is 23.1 Å². The molecule has 1 atom stereocenters. The van der Waals surface area contributed by atoms with E-state index in [2.05, 4.69) is 16.7 Å². The molecule has 1 amide bonds. The van der Waals surface area contributed by atoms with Crippen LogP contribution in [0.25, 0.3) is 0 Å². The molecule has 4 nitrogen and oxygen atoms in total. The standard InChI is InChI=1S/C14H16FN3O/c1-14(9-16,10-2-3-10)18-13(19)8-17-12-6-4-11(15)5-7-12/h4-7,10,17H,2-3,8H2,1H3,(H,18,19)/t14-/m0/s1. The number of nitriles is 1. The van der Waals surface area contributed by atoms with Crippen molar-refractivity contribution in [2.75, 3.05) is 11.9 Å². The number of carbonyl (C=O) groups is 1. The van der Waals surface area contributed by atoms with Gasteiger partial charge in [-0.3, -0.25) is 4.79 Å². The van der Waals surface area contributed by atoms with E-state index in [4.69, 9.17) is 5.26 Å². The van der Waals surface area contributed by atoms with Gasteiger partial charge in [0.2, 0.25) is 5.91 Å². The highest BCUT2D eigenvalue weighted by molar-refractivity contribution is 5.81. The van der Waals surface area contributed by atoms with E-state index in [1.165, 1.54) is 12.1 Å². The number of hydrogen-bond donors (Lipinski definition) is 2. The van der Waals surface area contributed by atoms with E-state index in [9.17, 15) is 9.18 Å². The van der Waals surface area contributed by atoms with Gasteiger partial charge < -0.3 is 10.6 Å². The molecule has 1 aromatic rings. The molecule has 0 saturated heterocycles. The van der Waals surface area contributed by atoms with E-state index in [1.807, 2.05) is 0 Å². The second kappa shape index (κ2) is 5.27. The van der Waals surface area contributed by atoms with Crippen molar-refractivity contribution in [1.82, 2.24) is 5.32 Å². The Kier molecular flexibility index (Phi) is 3.70. The predicted molar refractivity (Wildman–Crippen MR) is 69.8 cm³/mol. The van der Waals surface area contributed by atoms with Crippen LogP contribution in [-0.4, -0.2) is 18.0 Å². The molecule has 0 heterocycles. The van der Waals surface area contributed by atoms with Gasteiger partial charge in [0.05, 0.1) is 12.6 Å². The number of anilines is 1. The van der Waals surface area contributed by atoms with Crippen LogP contribution in [0.4, 0.5) is 10.1 Å². The highest BCUT2D eigenvalue weighted by Gasteiger charge is 2.42. The summed E-state index contributed by atoms with van der Waals surface area (Å²) >= 11 is 0. The summed E-state index contributed by atoms with van der Waals surface area (Å²) in [5.41, 5.74) is -0.108. The average molecular weight is 261 g/mol. The summed E-state index contributed by atoms with van der Waals surface area (Å²) in [6, 6.07) is 7.94. The predicted octanol–water partition coefficient (Wildman–Crippen LogP) is 2.05. The molecule has 19 heavy (non-hydrogen) atoms. The number of amides is 1. The van der Waals surface area contributed by atoms with Crippen LogP contribution in [0.3, 0.4) is 0 Å². The highest BCUT2D eigenvalue weighted by atomic mass is 19.1. The minimum Gasteiger partial charge on any atom is -0.376 e. The average Bonchev–Trinajstić information content (AvgIpc) is 3.22. The Labute approximate surface area is 111 Å². The Morgan fingerprint density at radius 2 is 2.11 bits per heavy atom. The topological polar surface area (TPSA) is 64.9 Å². The first-order chi connectivity index (χ1) is 9.03. The molecule has 0 radical (unpaired) electrons. The van der Waals surface area contributed by atoms with Crippen molar-refractivity contribution < 1.29 is 9.18 Å². The van der Waals surface area contributed by atoms with Gasteiger partial charge in [0.1, 0.15) is 11.4 Å². The van der Waals surface area contributed by atoms with Gasteiger partial charge in [-0.25, -0.2) is 4.39 Å². The van der Waals surface area contributed by atoms with Crippen LogP contribution < -0.4 is 10.6 Å². The van der Waals surface area contributed by atoms with Crippen molar-refractivity contribution in [2.24, 2.45) is 5.92 Å². The molecule has 100 valence electrons. The maximum Gasteiger partial charge on any atom is 0.240 e. The lowest BCUT2D eigenvalue weighted by atomic mass is 9.98. The zero-order valence-corrected chi connectivity index (χ0v) is 10.7. The quantitative estimate of drug-likeness (QED) is 0.852. The fourth-order valence-corrected chi connectivity index (χ4v) is 1.97. The highest BCUT2D eigenvalue weighted by Crippen LogP contribution is 2.39. The molecule has 5 heteroatoms. The van der Waals surface area contributed by atoms with Gasteiger partial charge in [-0.15, -0.1) is 0 Å². The lowest BCUT2D eigenvalue weighted by Gasteiger charge is -2.23. The third kappa shape index (κ3) is 3.44. The van der Waals surface area contributed by atoms with Crippen molar-refractivity contribution in [1.29, 1.82) is 5.26 Å². The van der Waals surface area contributed by atoms with Crippen LogP contribution in [0.15, 0.2) is 24.3 Å². The molecular formula is C14H16FN3O. The molecule has 0 aliphatic heterocycles. The first-order valence-corrected chi connectivity index (χ1v) is 6.25. The number of nitrogens with zero attached hydrogens (tertiary/aromatic N) is 1. The van der Waals surface area contributed by atoms with E-state index in [1.54, 1.807) is 19.1 Å². The Balaban J connectivity index is 1.84. The number of carbonyl (C=O) groups excluding carboxylic acids is 1. The molecule has 2 rings (SSSR count). The summed E-state index contributed by atoms with van der Waals surface area (Å²) in [5, 5.41) is 14.8. The normalized spacial score (nSPS) is 17.1. The number of nitrogens with one attached hydrogen (secondary N) is 2. The summed E-state index contributed by atoms with van der Waals surface area (Å²) in [4.78, 5) is 11.8. The van der Waals surface area contributed by atoms with E-state index in [0.29, 0.717) is 5.69 Å². The Hall–Kier alpha value is -2.09. The molecule has 1 fully saturated rings. The van der Waals surface area contributed by atoms with E-state index in [0.717, 1.165) is 12.8 Å². The lowest BCUT2D eigenvalue weighted by Crippen LogP contribution is -2.48. The van der Waals surface area contributed by atoms with Gasteiger partial charge in [0, 0.05) is 5.69 Å². The number of hydrogen-bond acceptors (Lipinski definition) is 3. The second-order valence-electron chi connectivity index (χ2n) is 5.00. The van der Waals surface area contributed by atoms with Crippen LogP contribution >= 0.6 is 0 Å². The van der Waals surface area contributed by atoms with Gasteiger partial charge in [-0.05, 0) is 49.9 Å². The summed E-state index contributed by atoms with van der Waals surface area (Å²) in [5.74, 6) is -0.298. The second-order valence-corrected chi connectivity index (χ2v) is 5.00. The van der Waals surface area contributed by atoms with Gasteiger partial charge in [0.15, 0.2) is 0 Å². The number of rotatable bonds is 5. The summed E-state index contributed by atoms with van der Waals surface area (Å²) in [7, 11) is 0. The molecule has 2 N–H and O–H groups in total. The smallest absolute Gasteiger partial charge is 0.240 e. The van der Waals surface area contributed by atoms with Crippen molar-refractivity contribution in [2.45, 2.75) is 25.3 Å². The third-order valence-corrected chi connectivity index (χ3v) is 3.32. The fourth-order valence-electron chi connectivity index (χ4n) is 1.97. The fraction of sp³-hybridized carbons (Fsp3) is 0.429. The Bertz CT molecular complexity index is 504. The van der Waals surface area contributed by atoms with Gasteiger partial charge in [-0.1, -0.05) is 0 Å². The zero-order chi connectivity index (χ0) is 13.9. The molecule has 0 spiro atoms. The van der Waals surface area contributed by atoms with Crippen molar-refractivity contribution >= 4 is 11.6 Å². The largest absolute Gasteiger partial charge is 0.376 e. The molecule has 1 saturated carbocycles. The van der Waals surface area contributed by atoms with Crippen molar-refractivity contribution in [3.8, 4) is 6.07 Å². The van der Waals surface area contributed by atoms with E-state index >= 15 is 0 Å². The minimum absolute atomic E-state index is 0.0651. The maximum atomic E-state index is 12.7. The first kappa shape index (κ1) is 13.3. The molecule has 0 aromatic heterocycles.